The van der Waals surface area contributed by atoms with Crippen molar-refractivity contribution in [2.45, 2.75) is 13.0 Å². The zero-order valence-corrected chi connectivity index (χ0v) is 11.2. The van der Waals surface area contributed by atoms with Gasteiger partial charge in [-0.25, -0.2) is 0 Å². The zero-order valence-electron chi connectivity index (χ0n) is 11.2. The SMILES string of the molecule is CC(=O)OC(C[N+](C)(C)C)C(=O)c1cccnc1. The van der Waals surface area contributed by atoms with E-state index in [9.17, 15) is 9.59 Å². The summed E-state index contributed by atoms with van der Waals surface area (Å²) in [6.45, 7) is 1.73. The van der Waals surface area contributed by atoms with Crippen LogP contribution in [0.15, 0.2) is 24.5 Å². The monoisotopic (exact) mass is 251 g/mol. The highest BCUT2D eigenvalue weighted by Crippen LogP contribution is 2.09. The van der Waals surface area contributed by atoms with Crippen LogP contribution in [0.25, 0.3) is 0 Å². The average molecular weight is 251 g/mol. The molecule has 0 aliphatic rings. The molecule has 0 N–H and O–H groups in total. The third-order valence-corrected chi connectivity index (χ3v) is 2.26. The summed E-state index contributed by atoms with van der Waals surface area (Å²) in [4.78, 5) is 27.2. The summed E-state index contributed by atoms with van der Waals surface area (Å²) in [5, 5.41) is 0. The summed E-state index contributed by atoms with van der Waals surface area (Å²) in [6, 6.07) is 3.35. The Morgan fingerprint density at radius 2 is 2.06 bits per heavy atom. The number of hydrogen-bond donors (Lipinski definition) is 0. The van der Waals surface area contributed by atoms with Gasteiger partial charge in [-0.15, -0.1) is 0 Å². The first-order chi connectivity index (χ1) is 8.29. The lowest BCUT2D eigenvalue weighted by Gasteiger charge is -2.28. The molecule has 0 aromatic carbocycles. The molecule has 0 aliphatic heterocycles. The molecule has 1 aromatic rings. The van der Waals surface area contributed by atoms with E-state index >= 15 is 0 Å². The Kier molecular flexibility index (Phi) is 4.55. The number of ether oxygens (including phenoxy) is 1. The molecule has 0 fully saturated rings. The van der Waals surface area contributed by atoms with Crippen molar-refractivity contribution in [3.63, 3.8) is 0 Å². The van der Waals surface area contributed by atoms with Crippen LogP contribution in [0.5, 0.6) is 0 Å². The Bertz CT molecular complexity index is 424. The van der Waals surface area contributed by atoms with Gasteiger partial charge in [0.1, 0.15) is 6.54 Å². The molecular formula is C13H19N2O3+. The number of pyridine rings is 1. The van der Waals surface area contributed by atoms with E-state index in [2.05, 4.69) is 4.98 Å². The average Bonchev–Trinajstić information content (AvgIpc) is 2.26. The number of carbonyl (C=O) groups is 2. The van der Waals surface area contributed by atoms with Gasteiger partial charge in [-0.05, 0) is 12.1 Å². The highest BCUT2D eigenvalue weighted by Gasteiger charge is 2.29. The van der Waals surface area contributed by atoms with Crippen molar-refractivity contribution >= 4 is 11.8 Å². The van der Waals surface area contributed by atoms with Crippen LogP contribution >= 0.6 is 0 Å². The van der Waals surface area contributed by atoms with E-state index in [1.165, 1.54) is 13.1 Å². The minimum atomic E-state index is -0.772. The molecule has 5 nitrogen and oxygen atoms in total. The van der Waals surface area contributed by atoms with Crippen LogP contribution in [0.1, 0.15) is 17.3 Å². The van der Waals surface area contributed by atoms with E-state index in [0.29, 0.717) is 16.6 Å². The standard InChI is InChI=1S/C13H19N2O3/c1-10(16)18-12(9-15(2,3)4)13(17)11-6-5-7-14-8-11/h5-8,12H,9H2,1-4H3/q+1. The molecule has 0 radical (unpaired) electrons. The van der Waals surface area contributed by atoms with Gasteiger partial charge in [0.2, 0.25) is 11.9 Å². The number of carbonyl (C=O) groups excluding carboxylic acids is 2. The quantitative estimate of drug-likeness (QED) is 0.443. The predicted molar refractivity (Wildman–Crippen MR) is 67.0 cm³/mol. The number of hydrogen-bond acceptors (Lipinski definition) is 4. The van der Waals surface area contributed by atoms with Crippen LogP contribution in [0.4, 0.5) is 0 Å². The highest BCUT2D eigenvalue weighted by atomic mass is 16.5. The Labute approximate surface area is 107 Å². The lowest BCUT2D eigenvalue weighted by molar-refractivity contribution is -0.872. The smallest absolute Gasteiger partial charge is 0.303 e. The zero-order chi connectivity index (χ0) is 13.8. The van der Waals surface area contributed by atoms with Crippen molar-refractivity contribution < 1.29 is 18.8 Å². The fraction of sp³-hybridized carbons (Fsp3) is 0.462. The van der Waals surface area contributed by atoms with E-state index in [1.807, 2.05) is 21.1 Å². The molecule has 0 saturated carbocycles. The molecule has 18 heavy (non-hydrogen) atoms. The Morgan fingerprint density at radius 3 is 2.50 bits per heavy atom. The van der Waals surface area contributed by atoms with E-state index in [4.69, 9.17) is 4.74 Å². The number of nitrogens with zero attached hydrogens (tertiary/aromatic N) is 2. The van der Waals surface area contributed by atoms with Crippen LogP contribution in [-0.4, -0.2) is 55.0 Å². The second kappa shape index (κ2) is 5.73. The van der Waals surface area contributed by atoms with Crippen molar-refractivity contribution in [2.24, 2.45) is 0 Å². The second-order valence-corrected chi connectivity index (χ2v) is 5.18. The topological polar surface area (TPSA) is 56.3 Å². The minimum absolute atomic E-state index is 0.216. The fourth-order valence-electron chi connectivity index (χ4n) is 1.57. The maximum atomic E-state index is 12.2. The maximum Gasteiger partial charge on any atom is 0.303 e. The number of ketones is 1. The van der Waals surface area contributed by atoms with Crippen LogP contribution in [0.2, 0.25) is 0 Å². The van der Waals surface area contributed by atoms with Crippen LogP contribution in [0.3, 0.4) is 0 Å². The molecule has 0 aliphatic carbocycles. The first kappa shape index (κ1) is 14.3. The van der Waals surface area contributed by atoms with E-state index < -0.39 is 12.1 Å². The molecule has 1 aromatic heterocycles. The van der Waals surface area contributed by atoms with E-state index in [0.717, 1.165) is 0 Å². The summed E-state index contributed by atoms with van der Waals surface area (Å²) in [7, 11) is 5.81. The lowest BCUT2D eigenvalue weighted by Crippen LogP contribution is -2.46. The van der Waals surface area contributed by atoms with Crippen molar-refractivity contribution in [2.75, 3.05) is 27.7 Å². The summed E-state index contributed by atoms with van der Waals surface area (Å²) in [5.74, 6) is -0.669. The summed E-state index contributed by atoms with van der Waals surface area (Å²) < 4.78 is 5.64. The molecular weight excluding hydrogens is 232 g/mol. The van der Waals surface area contributed by atoms with Gasteiger partial charge >= 0.3 is 5.97 Å². The minimum Gasteiger partial charge on any atom is -0.448 e. The summed E-state index contributed by atoms with van der Waals surface area (Å²) in [5.41, 5.74) is 0.456. The van der Waals surface area contributed by atoms with Gasteiger partial charge < -0.3 is 9.22 Å². The molecule has 0 saturated heterocycles. The normalized spacial score (nSPS) is 12.9. The van der Waals surface area contributed by atoms with Crippen LogP contribution < -0.4 is 0 Å². The van der Waals surface area contributed by atoms with Gasteiger partial charge in [-0.2, -0.15) is 0 Å². The Balaban J connectivity index is 2.89. The summed E-state index contributed by atoms with van der Waals surface area (Å²) >= 11 is 0. The number of aromatic nitrogens is 1. The first-order valence-corrected chi connectivity index (χ1v) is 5.71. The Morgan fingerprint density at radius 1 is 1.39 bits per heavy atom. The van der Waals surface area contributed by atoms with Crippen LogP contribution in [-0.2, 0) is 9.53 Å². The molecule has 1 atom stereocenters. The largest absolute Gasteiger partial charge is 0.448 e. The summed E-state index contributed by atoms with van der Waals surface area (Å²) in [6.07, 6.45) is 2.30. The third kappa shape index (κ3) is 4.63. The predicted octanol–water partition coefficient (Wildman–Crippen LogP) is 0.902. The van der Waals surface area contributed by atoms with Crippen molar-refractivity contribution in [1.29, 1.82) is 0 Å². The van der Waals surface area contributed by atoms with Gasteiger partial charge in [0.25, 0.3) is 0 Å². The number of esters is 1. The van der Waals surface area contributed by atoms with Crippen molar-refractivity contribution in [3.05, 3.63) is 30.1 Å². The molecule has 0 amide bonds. The molecule has 1 unspecified atom stereocenters. The third-order valence-electron chi connectivity index (χ3n) is 2.26. The number of rotatable bonds is 5. The van der Waals surface area contributed by atoms with Gasteiger partial charge in [-0.1, -0.05) is 0 Å². The van der Waals surface area contributed by atoms with Crippen molar-refractivity contribution in [3.8, 4) is 0 Å². The highest BCUT2D eigenvalue weighted by molar-refractivity contribution is 6.00. The maximum absolute atomic E-state index is 12.2. The van der Waals surface area contributed by atoms with Crippen molar-refractivity contribution in [1.82, 2.24) is 4.98 Å². The molecule has 1 heterocycles. The van der Waals surface area contributed by atoms with E-state index in [1.54, 1.807) is 18.3 Å². The van der Waals surface area contributed by atoms with E-state index in [-0.39, 0.29) is 5.78 Å². The molecule has 0 bridgehead atoms. The molecule has 98 valence electrons. The number of likely N-dealkylation sites (N-methyl/N-ethyl adjacent to an activating group) is 1. The number of quaternary nitrogens is 1. The number of Topliss-reactive ketones (excluding diaryl/α,β-unsaturated/α-hetero) is 1. The van der Waals surface area contributed by atoms with Crippen LogP contribution in [0, 0.1) is 0 Å². The van der Waals surface area contributed by atoms with Gasteiger partial charge in [-0.3, -0.25) is 14.6 Å². The molecule has 5 heteroatoms. The first-order valence-electron chi connectivity index (χ1n) is 5.71. The lowest BCUT2D eigenvalue weighted by atomic mass is 10.1. The fourth-order valence-corrected chi connectivity index (χ4v) is 1.57. The van der Waals surface area contributed by atoms with Gasteiger partial charge in [0.05, 0.1) is 21.1 Å². The second-order valence-electron chi connectivity index (χ2n) is 5.18. The van der Waals surface area contributed by atoms with Gasteiger partial charge in [0, 0.05) is 24.9 Å². The molecule has 1 rings (SSSR count). The Hall–Kier alpha value is -1.75. The molecule has 0 spiro atoms. The van der Waals surface area contributed by atoms with Gasteiger partial charge in [0.15, 0.2) is 0 Å².